The number of carbonyl (C=O) groups excluding carboxylic acids is 1. The number of benzene rings is 1. The number of hydrogen-bond acceptors (Lipinski definition) is 3. The molecular formula is C12H13N3O. The smallest absolute Gasteiger partial charge is 0.225 e. The second-order valence-electron chi connectivity index (χ2n) is 3.57. The average molecular weight is 215 g/mol. The number of anilines is 1. The number of rotatable bonds is 2. The molecule has 1 aromatic carbocycles. The molecule has 0 spiro atoms. The second-order valence-corrected chi connectivity index (χ2v) is 3.57. The minimum absolute atomic E-state index is 0.0543. The van der Waals surface area contributed by atoms with Crippen LogP contribution in [-0.4, -0.2) is 17.9 Å². The van der Waals surface area contributed by atoms with E-state index in [1.165, 1.54) is 0 Å². The molecule has 0 bridgehead atoms. The van der Waals surface area contributed by atoms with Crippen molar-refractivity contribution in [3.63, 3.8) is 0 Å². The molecule has 0 aliphatic heterocycles. The van der Waals surface area contributed by atoms with Gasteiger partial charge < -0.3 is 11.1 Å². The van der Waals surface area contributed by atoms with Crippen molar-refractivity contribution >= 4 is 22.5 Å². The maximum atomic E-state index is 11.2. The number of carbonyl (C=O) groups is 1. The van der Waals surface area contributed by atoms with Gasteiger partial charge in [-0.3, -0.25) is 9.78 Å². The summed E-state index contributed by atoms with van der Waals surface area (Å²) in [5.74, 6) is -0.0543. The van der Waals surface area contributed by atoms with Gasteiger partial charge in [0.15, 0.2) is 0 Å². The fourth-order valence-electron chi connectivity index (χ4n) is 1.56. The summed E-state index contributed by atoms with van der Waals surface area (Å²) in [5, 5.41) is 3.55. The highest BCUT2D eigenvalue weighted by Gasteiger charge is 2.04. The number of pyridine rings is 1. The first-order valence-electron chi connectivity index (χ1n) is 5.05. The summed E-state index contributed by atoms with van der Waals surface area (Å²) in [6.07, 6.45) is 0.279. The molecule has 0 aliphatic rings. The molecule has 1 aromatic heterocycles. The van der Waals surface area contributed by atoms with E-state index in [0.717, 1.165) is 16.6 Å². The Morgan fingerprint density at radius 2 is 2.19 bits per heavy atom. The first-order valence-corrected chi connectivity index (χ1v) is 5.05. The van der Waals surface area contributed by atoms with Crippen molar-refractivity contribution in [1.29, 1.82) is 0 Å². The van der Waals surface area contributed by atoms with Crippen LogP contribution in [0.15, 0.2) is 30.3 Å². The number of likely N-dealkylation sites (N-methyl/N-ethyl adjacent to an activating group) is 1. The van der Waals surface area contributed by atoms with Gasteiger partial charge in [0.25, 0.3) is 0 Å². The molecule has 0 fully saturated rings. The minimum atomic E-state index is -0.0543. The molecule has 0 unspecified atom stereocenters. The van der Waals surface area contributed by atoms with Gasteiger partial charge in [-0.25, -0.2) is 0 Å². The van der Waals surface area contributed by atoms with Crippen LogP contribution >= 0.6 is 0 Å². The van der Waals surface area contributed by atoms with Gasteiger partial charge in [0.1, 0.15) is 0 Å². The van der Waals surface area contributed by atoms with Gasteiger partial charge >= 0.3 is 0 Å². The largest absolute Gasteiger partial charge is 0.397 e. The van der Waals surface area contributed by atoms with E-state index in [9.17, 15) is 4.79 Å². The molecule has 16 heavy (non-hydrogen) atoms. The van der Waals surface area contributed by atoms with Crippen molar-refractivity contribution in [3.05, 3.63) is 36.0 Å². The first-order chi connectivity index (χ1) is 7.70. The molecule has 82 valence electrons. The monoisotopic (exact) mass is 215 g/mol. The van der Waals surface area contributed by atoms with Crippen LogP contribution in [0, 0.1) is 0 Å². The number of hydrogen-bond donors (Lipinski definition) is 2. The molecule has 0 atom stereocenters. The van der Waals surface area contributed by atoms with Crippen molar-refractivity contribution < 1.29 is 4.79 Å². The van der Waals surface area contributed by atoms with E-state index in [1.54, 1.807) is 13.1 Å². The van der Waals surface area contributed by atoms with Crippen molar-refractivity contribution in [3.8, 4) is 0 Å². The van der Waals surface area contributed by atoms with Crippen molar-refractivity contribution in [1.82, 2.24) is 10.3 Å². The van der Waals surface area contributed by atoms with Crippen LogP contribution in [0.2, 0.25) is 0 Å². The standard InChI is InChI=1S/C12H13N3O/c1-14-11(16)7-9-6-5-8-3-2-4-10(13)12(8)15-9/h2-6H,7,13H2,1H3,(H,14,16). The molecule has 0 saturated carbocycles. The normalized spacial score (nSPS) is 10.3. The summed E-state index contributed by atoms with van der Waals surface area (Å²) in [4.78, 5) is 15.6. The van der Waals surface area contributed by atoms with Gasteiger partial charge in [-0.15, -0.1) is 0 Å². The number of nitrogens with one attached hydrogen (secondary N) is 1. The van der Waals surface area contributed by atoms with E-state index >= 15 is 0 Å². The molecule has 2 rings (SSSR count). The molecule has 0 aliphatic carbocycles. The first kappa shape index (κ1) is 10.4. The number of para-hydroxylation sites is 1. The summed E-state index contributed by atoms with van der Waals surface area (Å²) in [6, 6.07) is 9.41. The number of fused-ring (bicyclic) bond motifs is 1. The van der Waals surface area contributed by atoms with Crippen LogP contribution < -0.4 is 11.1 Å². The summed E-state index contributed by atoms with van der Waals surface area (Å²) in [7, 11) is 1.61. The number of nitrogens with two attached hydrogens (primary N) is 1. The fourth-order valence-corrected chi connectivity index (χ4v) is 1.56. The number of aromatic nitrogens is 1. The van der Waals surface area contributed by atoms with Crippen molar-refractivity contribution in [2.75, 3.05) is 12.8 Å². The Labute approximate surface area is 93.5 Å². The quantitative estimate of drug-likeness (QED) is 0.737. The fraction of sp³-hybridized carbons (Fsp3) is 0.167. The van der Waals surface area contributed by atoms with Crippen LogP contribution in [0.5, 0.6) is 0 Å². The van der Waals surface area contributed by atoms with Gasteiger partial charge in [0.2, 0.25) is 5.91 Å². The molecule has 1 heterocycles. The third kappa shape index (κ3) is 1.95. The Hall–Kier alpha value is -2.10. The number of nitrogens with zero attached hydrogens (tertiary/aromatic N) is 1. The highest BCUT2D eigenvalue weighted by molar-refractivity contribution is 5.89. The van der Waals surface area contributed by atoms with Gasteiger partial charge in [-0.1, -0.05) is 18.2 Å². The molecule has 4 nitrogen and oxygen atoms in total. The molecular weight excluding hydrogens is 202 g/mol. The Bertz CT molecular complexity index is 537. The highest BCUT2D eigenvalue weighted by Crippen LogP contribution is 2.18. The Morgan fingerprint density at radius 3 is 2.94 bits per heavy atom. The van der Waals surface area contributed by atoms with Crippen molar-refractivity contribution in [2.24, 2.45) is 0 Å². The van der Waals surface area contributed by atoms with E-state index in [4.69, 9.17) is 5.73 Å². The van der Waals surface area contributed by atoms with Crippen LogP contribution in [0.1, 0.15) is 5.69 Å². The predicted molar refractivity (Wildman–Crippen MR) is 63.9 cm³/mol. The van der Waals surface area contributed by atoms with E-state index in [2.05, 4.69) is 10.3 Å². The highest BCUT2D eigenvalue weighted by atomic mass is 16.1. The van der Waals surface area contributed by atoms with Crippen LogP contribution in [0.3, 0.4) is 0 Å². The molecule has 1 amide bonds. The summed E-state index contributed by atoms with van der Waals surface area (Å²) >= 11 is 0. The third-order valence-corrected chi connectivity index (χ3v) is 2.43. The topological polar surface area (TPSA) is 68.0 Å². The lowest BCUT2D eigenvalue weighted by atomic mass is 10.1. The van der Waals surface area contributed by atoms with E-state index in [1.807, 2.05) is 24.3 Å². The molecule has 3 N–H and O–H groups in total. The van der Waals surface area contributed by atoms with Crippen LogP contribution in [0.4, 0.5) is 5.69 Å². The van der Waals surface area contributed by atoms with E-state index < -0.39 is 0 Å². The van der Waals surface area contributed by atoms with Gasteiger partial charge in [0, 0.05) is 12.4 Å². The maximum absolute atomic E-state index is 11.2. The zero-order valence-electron chi connectivity index (χ0n) is 9.03. The third-order valence-electron chi connectivity index (χ3n) is 2.43. The summed E-state index contributed by atoms with van der Waals surface area (Å²) in [5.41, 5.74) is 7.94. The lowest BCUT2D eigenvalue weighted by molar-refractivity contribution is -0.120. The molecule has 2 aromatic rings. The van der Waals surface area contributed by atoms with Crippen LogP contribution in [0.25, 0.3) is 10.9 Å². The summed E-state index contributed by atoms with van der Waals surface area (Å²) in [6.45, 7) is 0. The lowest BCUT2D eigenvalue weighted by Crippen LogP contribution is -2.20. The zero-order chi connectivity index (χ0) is 11.5. The Morgan fingerprint density at radius 1 is 1.38 bits per heavy atom. The van der Waals surface area contributed by atoms with Gasteiger partial charge in [-0.2, -0.15) is 0 Å². The lowest BCUT2D eigenvalue weighted by Gasteiger charge is -2.04. The number of amides is 1. The SMILES string of the molecule is CNC(=O)Cc1ccc2cccc(N)c2n1. The van der Waals surface area contributed by atoms with Crippen LogP contribution in [-0.2, 0) is 11.2 Å². The van der Waals surface area contributed by atoms with Crippen molar-refractivity contribution in [2.45, 2.75) is 6.42 Å². The van der Waals surface area contributed by atoms with Gasteiger partial charge in [-0.05, 0) is 12.1 Å². The van der Waals surface area contributed by atoms with E-state index in [-0.39, 0.29) is 12.3 Å². The zero-order valence-corrected chi connectivity index (χ0v) is 9.03. The Kier molecular flexibility index (Phi) is 2.72. The van der Waals surface area contributed by atoms with Gasteiger partial charge in [0.05, 0.1) is 23.3 Å². The predicted octanol–water partition coefficient (Wildman–Crippen LogP) is 1.11. The Balaban J connectivity index is 2.43. The number of nitrogen functional groups attached to an aromatic ring is 1. The second kappa shape index (κ2) is 4.18. The summed E-state index contributed by atoms with van der Waals surface area (Å²) < 4.78 is 0. The van der Waals surface area contributed by atoms with E-state index in [0.29, 0.717) is 5.69 Å². The maximum Gasteiger partial charge on any atom is 0.225 e. The molecule has 0 radical (unpaired) electrons. The minimum Gasteiger partial charge on any atom is -0.397 e. The molecule has 4 heteroatoms. The molecule has 0 saturated heterocycles. The average Bonchev–Trinajstić information content (AvgIpc) is 2.30.